The van der Waals surface area contributed by atoms with E-state index in [0.717, 1.165) is 17.5 Å². The van der Waals surface area contributed by atoms with Crippen LogP contribution in [-0.2, 0) is 11.2 Å². The van der Waals surface area contributed by atoms with Gasteiger partial charge < -0.3 is 9.53 Å². The van der Waals surface area contributed by atoms with Crippen LogP contribution in [0, 0.1) is 6.92 Å². The van der Waals surface area contributed by atoms with Gasteiger partial charge in [-0.15, -0.1) is 0 Å². The highest BCUT2D eigenvalue weighted by Gasteiger charge is 2.04. The fourth-order valence-corrected chi connectivity index (χ4v) is 1.03. The number of hydrogen-bond acceptors (Lipinski definition) is 4. The highest BCUT2D eigenvalue weighted by Crippen LogP contribution is 2.09. The molecule has 0 unspecified atom stereocenters. The molecule has 0 saturated carbocycles. The molecule has 14 heavy (non-hydrogen) atoms. The van der Waals surface area contributed by atoms with E-state index in [2.05, 4.69) is 9.97 Å². The van der Waals surface area contributed by atoms with Crippen molar-refractivity contribution in [3.8, 4) is 6.01 Å². The predicted molar refractivity (Wildman–Crippen MR) is 52.3 cm³/mol. The molecule has 0 aliphatic heterocycles. The Morgan fingerprint density at radius 1 is 1.57 bits per heavy atom. The second-order valence-electron chi connectivity index (χ2n) is 3.30. The first kappa shape index (κ1) is 10.6. The number of hydrogen-bond donors (Lipinski definition) is 0. The van der Waals surface area contributed by atoms with Gasteiger partial charge in [0.1, 0.15) is 6.29 Å². The maximum absolute atomic E-state index is 10.3. The number of carbonyl (C=O) groups excluding carboxylic acids is 1. The maximum Gasteiger partial charge on any atom is 0.316 e. The number of aryl methyl sites for hydroxylation is 1. The number of ether oxygens (including phenoxy) is 1. The third kappa shape index (κ3) is 2.80. The van der Waals surface area contributed by atoms with Gasteiger partial charge in [0.2, 0.25) is 0 Å². The van der Waals surface area contributed by atoms with Gasteiger partial charge in [-0.3, -0.25) is 0 Å². The predicted octanol–water partition coefficient (Wildman–Crippen LogP) is 1.31. The minimum Gasteiger partial charge on any atom is -0.461 e. The van der Waals surface area contributed by atoms with E-state index < -0.39 is 0 Å². The first-order chi connectivity index (χ1) is 6.63. The topological polar surface area (TPSA) is 52.1 Å². The zero-order chi connectivity index (χ0) is 10.6. The van der Waals surface area contributed by atoms with E-state index in [9.17, 15) is 4.79 Å². The summed E-state index contributed by atoms with van der Waals surface area (Å²) in [6.07, 6.45) is 2.89. The fraction of sp³-hybridized carbons (Fsp3) is 0.500. The van der Waals surface area contributed by atoms with Crippen molar-refractivity contribution < 1.29 is 9.53 Å². The number of aromatic nitrogens is 2. The molecular formula is C10H14N2O2. The minimum absolute atomic E-state index is 0.0614. The summed E-state index contributed by atoms with van der Waals surface area (Å²) in [5, 5.41) is 0. The molecular weight excluding hydrogens is 180 g/mol. The molecule has 4 heteroatoms. The number of carbonyl (C=O) groups is 1. The zero-order valence-electron chi connectivity index (χ0n) is 8.65. The molecule has 0 saturated heterocycles. The Morgan fingerprint density at radius 2 is 2.29 bits per heavy atom. The van der Waals surface area contributed by atoms with Gasteiger partial charge in [0, 0.05) is 18.3 Å². The summed E-state index contributed by atoms with van der Waals surface area (Å²) in [6.45, 7) is 5.67. The van der Waals surface area contributed by atoms with Crippen LogP contribution in [0.15, 0.2) is 6.20 Å². The van der Waals surface area contributed by atoms with Gasteiger partial charge in [-0.2, -0.15) is 0 Å². The van der Waals surface area contributed by atoms with E-state index in [0.29, 0.717) is 12.4 Å². The molecule has 1 aromatic heterocycles. The van der Waals surface area contributed by atoms with E-state index >= 15 is 0 Å². The van der Waals surface area contributed by atoms with Crippen molar-refractivity contribution in [3.05, 3.63) is 17.5 Å². The summed E-state index contributed by atoms with van der Waals surface area (Å²) in [4.78, 5) is 18.4. The Balaban J connectivity index is 2.83. The second-order valence-corrected chi connectivity index (χ2v) is 3.30. The lowest BCUT2D eigenvalue weighted by Crippen LogP contribution is -2.09. The summed E-state index contributed by atoms with van der Waals surface area (Å²) in [5.41, 5.74) is 1.64. The van der Waals surface area contributed by atoms with Crippen molar-refractivity contribution in [1.82, 2.24) is 9.97 Å². The molecule has 0 aliphatic carbocycles. The molecule has 0 aromatic carbocycles. The minimum atomic E-state index is 0.0614. The van der Waals surface area contributed by atoms with Crippen LogP contribution in [0.5, 0.6) is 6.01 Å². The number of nitrogens with zero attached hydrogens (tertiary/aromatic N) is 2. The van der Waals surface area contributed by atoms with Crippen LogP contribution in [-0.4, -0.2) is 22.4 Å². The van der Waals surface area contributed by atoms with Gasteiger partial charge in [0.15, 0.2) is 0 Å². The first-order valence-electron chi connectivity index (χ1n) is 4.56. The average Bonchev–Trinajstić information content (AvgIpc) is 2.09. The van der Waals surface area contributed by atoms with Crippen molar-refractivity contribution in [2.24, 2.45) is 0 Å². The number of aldehydes is 1. The van der Waals surface area contributed by atoms with E-state index in [-0.39, 0.29) is 6.10 Å². The van der Waals surface area contributed by atoms with Crippen LogP contribution in [0.25, 0.3) is 0 Å². The van der Waals surface area contributed by atoms with E-state index in [1.807, 2.05) is 20.8 Å². The smallest absolute Gasteiger partial charge is 0.316 e. The van der Waals surface area contributed by atoms with Crippen molar-refractivity contribution in [1.29, 1.82) is 0 Å². The third-order valence-electron chi connectivity index (χ3n) is 1.70. The molecule has 0 N–H and O–H groups in total. The van der Waals surface area contributed by atoms with Crippen LogP contribution < -0.4 is 4.74 Å². The van der Waals surface area contributed by atoms with Crippen molar-refractivity contribution in [2.45, 2.75) is 33.3 Å². The fourth-order valence-electron chi connectivity index (χ4n) is 1.03. The molecule has 1 heterocycles. The van der Waals surface area contributed by atoms with E-state index in [1.54, 1.807) is 6.20 Å². The highest BCUT2D eigenvalue weighted by molar-refractivity contribution is 5.55. The van der Waals surface area contributed by atoms with Crippen LogP contribution in [0.2, 0.25) is 0 Å². The van der Waals surface area contributed by atoms with Crippen LogP contribution in [0.4, 0.5) is 0 Å². The molecule has 76 valence electrons. The molecule has 0 amide bonds. The van der Waals surface area contributed by atoms with Gasteiger partial charge >= 0.3 is 6.01 Å². The summed E-state index contributed by atoms with van der Waals surface area (Å²) < 4.78 is 5.32. The molecule has 0 atom stereocenters. The summed E-state index contributed by atoms with van der Waals surface area (Å²) in [6, 6.07) is 0.368. The quantitative estimate of drug-likeness (QED) is 0.678. The molecule has 1 aromatic rings. The Bertz CT molecular complexity index is 324. The molecule has 0 aliphatic rings. The van der Waals surface area contributed by atoms with Crippen LogP contribution in [0.3, 0.4) is 0 Å². The third-order valence-corrected chi connectivity index (χ3v) is 1.70. The van der Waals surface area contributed by atoms with E-state index in [1.165, 1.54) is 0 Å². The van der Waals surface area contributed by atoms with Crippen molar-refractivity contribution >= 4 is 6.29 Å². The van der Waals surface area contributed by atoms with Gasteiger partial charge in [-0.25, -0.2) is 9.97 Å². The molecule has 0 bridgehead atoms. The number of rotatable bonds is 4. The van der Waals surface area contributed by atoms with Gasteiger partial charge in [-0.1, -0.05) is 0 Å². The Labute approximate surface area is 83.3 Å². The SMILES string of the molecule is Cc1nc(OC(C)C)ncc1CC=O. The highest BCUT2D eigenvalue weighted by atomic mass is 16.5. The maximum atomic E-state index is 10.3. The lowest BCUT2D eigenvalue weighted by Gasteiger charge is -2.08. The Morgan fingerprint density at radius 3 is 2.79 bits per heavy atom. The van der Waals surface area contributed by atoms with Crippen LogP contribution >= 0.6 is 0 Å². The lowest BCUT2D eigenvalue weighted by atomic mass is 10.2. The van der Waals surface area contributed by atoms with Gasteiger partial charge in [-0.05, 0) is 26.3 Å². The summed E-state index contributed by atoms with van der Waals surface area (Å²) >= 11 is 0. The standard InChI is InChI=1S/C10H14N2O2/c1-7(2)14-10-11-6-9(4-5-13)8(3)12-10/h5-7H,4H2,1-3H3. The zero-order valence-corrected chi connectivity index (χ0v) is 8.65. The van der Waals surface area contributed by atoms with E-state index in [4.69, 9.17) is 4.74 Å². The monoisotopic (exact) mass is 194 g/mol. The molecule has 0 spiro atoms. The Kier molecular flexibility index (Phi) is 3.56. The summed E-state index contributed by atoms with van der Waals surface area (Å²) in [5.74, 6) is 0. The first-order valence-corrected chi connectivity index (χ1v) is 4.56. The molecule has 0 radical (unpaired) electrons. The lowest BCUT2D eigenvalue weighted by molar-refractivity contribution is -0.107. The Hall–Kier alpha value is -1.45. The van der Waals surface area contributed by atoms with Crippen LogP contribution in [0.1, 0.15) is 25.1 Å². The molecule has 1 rings (SSSR count). The van der Waals surface area contributed by atoms with Crippen molar-refractivity contribution in [2.75, 3.05) is 0 Å². The van der Waals surface area contributed by atoms with Gasteiger partial charge in [0.25, 0.3) is 0 Å². The average molecular weight is 194 g/mol. The summed E-state index contributed by atoms with van der Waals surface area (Å²) in [7, 11) is 0. The van der Waals surface area contributed by atoms with Crippen molar-refractivity contribution in [3.63, 3.8) is 0 Å². The normalized spacial score (nSPS) is 10.3. The largest absolute Gasteiger partial charge is 0.461 e. The second kappa shape index (κ2) is 4.69. The molecule has 4 nitrogen and oxygen atoms in total. The molecule has 0 fully saturated rings. The van der Waals surface area contributed by atoms with Gasteiger partial charge in [0.05, 0.1) is 6.10 Å².